The summed E-state index contributed by atoms with van der Waals surface area (Å²) in [5, 5.41) is 0. The Bertz CT molecular complexity index is 465. The molecule has 1 aliphatic rings. The molecule has 1 saturated carbocycles. The molecule has 0 amide bonds. The molecule has 4 nitrogen and oxygen atoms in total. The van der Waals surface area contributed by atoms with E-state index >= 15 is 0 Å². The molecule has 0 radical (unpaired) electrons. The van der Waals surface area contributed by atoms with E-state index in [0.717, 1.165) is 11.3 Å². The molecule has 4 heteroatoms. The summed E-state index contributed by atoms with van der Waals surface area (Å²) in [5.41, 5.74) is 0.210. The number of hydrogen-bond donors (Lipinski definition) is 0. The van der Waals surface area contributed by atoms with E-state index in [4.69, 9.17) is 9.47 Å². The number of rotatable bonds is 3. The highest BCUT2D eigenvalue weighted by molar-refractivity contribution is 5.88. The highest BCUT2D eigenvalue weighted by Gasteiger charge is 2.44. The number of ether oxygens (including phenoxy) is 2. The van der Waals surface area contributed by atoms with Gasteiger partial charge in [0.1, 0.15) is 11.5 Å². The Morgan fingerprint density at radius 2 is 1.68 bits per heavy atom. The minimum absolute atomic E-state index is 0.216. The quantitative estimate of drug-likeness (QED) is 0.784. The van der Waals surface area contributed by atoms with Gasteiger partial charge in [-0.25, -0.2) is 0 Å². The van der Waals surface area contributed by atoms with Gasteiger partial charge >= 0.3 is 5.97 Å². The van der Waals surface area contributed by atoms with Gasteiger partial charge in [0.15, 0.2) is 0 Å². The summed E-state index contributed by atoms with van der Waals surface area (Å²) >= 11 is 0. The summed E-state index contributed by atoms with van der Waals surface area (Å²) < 4.78 is 10.1. The molecular formula is C15H18O4. The van der Waals surface area contributed by atoms with Crippen molar-refractivity contribution in [2.45, 2.75) is 31.1 Å². The van der Waals surface area contributed by atoms with Gasteiger partial charge in [-0.1, -0.05) is 12.1 Å². The van der Waals surface area contributed by atoms with Gasteiger partial charge < -0.3 is 9.47 Å². The first-order valence-electron chi connectivity index (χ1n) is 6.37. The van der Waals surface area contributed by atoms with Crippen molar-refractivity contribution in [2.75, 3.05) is 14.2 Å². The second kappa shape index (κ2) is 5.43. The normalized spacial score (nSPS) is 17.9. The Labute approximate surface area is 112 Å². The number of carbonyl (C=O) groups is 2. The minimum atomic E-state index is -0.686. The van der Waals surface area contributed by atoms with Crippen molar-refractivity contribution in [3.05, 3.63) is 29.8 Å². The lowest BCUT2D eigenvalue weighted by atomic mass is 9.69. The minimum Gasteiger partial charge on any atom is -0.497 e. The van der Waals surface area contributed by atoms with Gasteiger partial charge in [-0.15, -0.1) is 0 Å². The molecule has 0 aromatic heterocycles. The number of methoxy groups -OCH3 is 2. The average Bonchev–Trinajstić information content (AvgIpc) is 2.47. The molecule has 1 aromatic rings. The van der Waals surface area contributed by atoms with Crippen molar-refractivity contribution in [1.29, 1.82) is 0 Å². The number of benzene rings is 1. The summed E-state index contributed by atoms with van der Waals surface area (Å²) in [5.74, 6) is 0.703. The summed E-state index contributed by atoms with van der Waals surface area (Å²) in [6.07, 6.45) is 1.90. The number of carbonyl (C=O) groups excluding carboxylic acids is 2. The molecule has 0 saturated heterocycles. The molecular weight excluding hydrogens is 244 g/mol. The zero-order valence-electron chi connectivity index (χ0n) is 11.3. The van der Waals surface area contributed by atoms with Crippen LogP contribution in [0.4, 0.5) is 0 Å². The molecule has 2 rings (SSSR count). The molecule has 0 atom stereocenters. The Hall–Kier alpha value is -1.84. The first kappa shape index (κ1) is 13.6. The van der Waals surface area contributed by atoms with Gasteiger partial charge in [-0.3, -0.25) is 9.59 Å². The standard InChI is InChI=1S/C15H18O4/c1-18-13-5-3-11(4-6-13)15(14(17)19-2)9-7-12(16)8-10-15/h3-6H,7-10H2,1-2H3. The molecule has 0 heterocycles. The van der Waals surface area contributed by atoms with E-state index in [0.29, 0.717) is 25.7 Å². The Morgan fingerprint density at radius 1 is 1.11 bits per heavy atom. The summed E-state index contributed by atoms with van der Waals surface area (Å²) in [7, 11) is 2.99. The molecule has 19 heavy (non-hydrogen) atoms. The third kappa shape index (κ3) is 2.48. The van der Waals surface area contributed by atoms with Crippen LogP contribution in [0.15, 0.2) is 24.3 Å². The van der Waals surface area contributed by atoms with Gasteiger partial charge in [0.2, 0.25) is 0 Å². The average molecular weight is 262 g/mol. The van der Waals surface area contributed by atoms with E-state index in [9.17, 15) is 9.59 Å². The second-order valence-electron chi connectivity index (χ2n) is 4.84. The number of hydrogen-bond acceptors (Lipinski definition) is 4. The monoisotopic (exact) mass is 262 g/mol. The highest BCUT2D eigenvalue weighted by Crippen LogP contribution is 2.39. The lowest BCUT2D eigenvalue weighted by Crippen LogP contribution is -2.40. The Balaban J connectivity index is 2.36. The fraction of sp³-hybridized carbons (Fsp3) is 0.467. The maximum Gasteiger partial charge on any atom is 0.316 e. The first-order chi connectivity index (χ1) is 9.12. The fourth-order valence-electron chi connectivity index (χ4n) is 2.67. The summed E-state index contributed by atoms with van der Waals surface area (Å²) in [4.78, 5) is 23.6. The zero-order chi connectivity index (χ0) is 13.9. The molecule has 1 fully saturated rings. The van der Waals surface area contributed by atoms with Crippen molar-refractivity contribution >= 4 is 11.8 Å². The Kier molecular flexibility index (Phi) is 3.88. The van der Waals surface area contributed by atoms with E-state index in [1.807, 2.05) is 24.3 Å². The van der Waals surface area contributed by atoms with Crippen LogP contribution in [-0.4, -0.2) is 26.0 Å². The van der Waals surface area contributed by atoms with E-state index < -0.39 is 5.41 Å². The van der Waals surface area contributed by atoms with Crippen LogP contribution in [0.5, 0.6) is 5.75 Å². The van der Waals surface area contributed by atoms with Gasteiger partial charge in [0, 0.05) is 12.8 Å². The maximum absolute atomic E-state index is 12.2. The number of Topliss-reactive ketones (excluding diaryl/α,β-unsaturated/α-hetero) is 1. The van der Waals surface area contributed by atoms with Crippen LogP contribution >= 0.6 is 0 Å². The molecule has 1 aliphatic carbocycles. The number of ketones is 1. The molecule has 1 aromatic carbocycles. The fourth-order valence-corrected chi connectivity index (χ4v) is 2.67. The van der Waals surface area contributed by atoms with E-state index in [2.05, 4.69) is 0 Å². The number of esters is 1. The predicted molar refractivity (Wildman–Crippen MR) is 70.2 cm³/mol. The third-order valence-corrected chi connectivity index (χ3v) is 3.88. The topological polar surface area (TPSA) is 52.6 Å². The second-order valence-corrected chi connectivity index (χ2v) is 4.84. The van der Waals surface area contributed by atoms with Crippen LogP contribution in [0.2, 0.25) is 0 Å². The van der Waals surface area contributed by atoms with Crippen molar-refractivity contribution < 1.29 is 19.1 Å². The summed E-state index contributed by atoms with van der Waals surface area (Å²) in [6.45, 7) is 0. The van der Waals surface area contributed by atoms with Crippen molar-refractivity contribution in [2.24, 2.45) is 0 Å². The maximum atomic E-state index is 12.2. The van der Waals surface area contributed by atoms with Crippen LogP contribution in [-0.2, 0) is 19.7 Å². The summed E-state index contributed by atoms with van der Waals surface area (Å²) in [6, 6.07) is 7.42. The molecule has 0 bridgehead atoms. The molecule has 0 aliphatic heterocycles. The molecule has 0 unspecified atom stereocenters. The first-order valence-corrected chi connectivity index (χ1v) is 6.37. The molecule has 0 spiro atoms. The lowest BCUT2D eigenvalue weighted by Gasteiger charge is -2.34. The smallest absolute Gasteiger partial charge is 0.316 e. The van der Waals surface area contributed by atoms with Crippen LogP contribution in [0.25, 0.3) is 0 Å². The van der Waals surface area contributed by atoms with Crippen LogP contribution in [0.1, 0.15) is 31.2 Å². The van der Waals surface area contributed by atoms with Crippen LogP contribution in [0, 0.1) is 0 Å². The van der Waals surface area contributed by atoms with Crippen molar-refractivity contribution in [1.82, 2.24) is 0 Å². The van der Waals surface area contributed by atoms with Crippen molar-refractivity contribution in [3.63, 3.8) is 0 Å². The SMILES string of the molecule is COC(=O)C1(c2ccc(OC)cc2)CCC(=O)CC1. The highest BCUT2D eigenvalue weighted by atomic mass is 16.5. The van der Waals surface area contributed by atoms with Gasteiger partial charge in [-0.05, 0) is 30.5 Å². The van der Waals surface area contributed by atoms with Crippen LogP contribution in [0.3, 0.4) is 0 Å². The van der Waals surface area contributed by atoms with E-state index in [-0.39, 0.29) is 11.8 Å². The molecule has 102 valence electrons. The van der Waals surface area contributed by atoms with Gasteiger partial charge in [0.05, 0.1) is 19.6 Å². The van der Waals surface area contributed by atoms with E-state index in [1.54, 1.807) is 7.11 Å². The zero-order valence-corrected chi connectivity index (χ0v) is 11.3. The Morgan fingerprint density at radius 3 is 2.16 bits per heavy atom. The van der Waals surface area contributed by atoms with Crippen molar-refractivity contribution in [3.8, 4) is 5.75 Å². The third-order valence-electron chi connectivity index (χ3n) is 3.88. The predicted octanol–water partition coefficient (Wildman–Crippen LogP) is 2.25. The van der Waals surface area contributed by atoms with Gasteiger partial charge in [-0.2, -0.15) is 0 Å². The van der Waals surface area contributed by atoms with E-state index in [1.165, 1.54) is 7.11 Å². The largest absolute Gasteiger partial charge is 0.497 e. The van der Waals surface area contributed by atoms with Gasteiger partial charge in [0.25, 0.3) is 0 Å². The molecule has 0 N–H and O–H groups in total. The lowest BCUT2D eigenvalue weighted by molar-refractivity contribution is -0.149. The van der Waals surface area contributed by atoms with Crippen LogP contribution < -0.4 is 4.74 Å².